The molecule has 5 aromatic carbocycles. The number of carbonyl (C=O) groups is 3. The molecule has 0 radical (unpaired) electrons. The molecule has 0 aliphatic heterocycles. The Morgan fingerprint density at radius 1 is 0.729 bits per heavy atom. The number of nitrogens with one attached hydrogen (secondary N) is 1. The van der Waals surface area contributed by atoms with E-state index < -0.39 is 12.0 Å². The lowest BCUT2D eigenvalue weighted by Crippen LogP contribution is -2.33. The molecule has 0 unspecified atom stereocenters. The van der Waals surface area contributed by atoms with Crippen molar-refractivity contribution in [3.63, 3.8) is 0 Å². The number of amides is 1. The van der Waals surface area contributed by atoms with E-state index in [4.69, 9.17) is 9.47 Å². The third kappa shape index (κ3) is 9.44. The largest absolute Gasteiger partial charge is 0.492 e. The van der Waals surface area contributed by atoms with Crippen LogP contribution in [0.5, 0.6) is 5.75 Å². The minimum atomic E-state index is -0.735. The van der Waals surface area contributed by atoms with Gasteiger partial charge in [-0.25, -0.2) is 4.79 Å². The fourth-order valence-electron chi connectivity index (χ4n) is 5.09. The normalized spacial score (nSPS) is 10.9. The highest BCUT2D eigenvalue weighted by atomic mass is 16.5. The maximum absolute atomic E-state index is 13.2. The quantitative estimate of drug-likeness (QED) is 0.0894. The first-order valence-corrected chi connectivity index (χ1v) is 15.6. The SMILES string of the molecule is COC(=O)[C@H](Cc1ccc(OCCN(Cc2ccccc2)C(=O)C#Cc2ccccc2)cc1)Nc1ccccc1C(=O)c1ccccc1. The molecule has 0 aliphatic carbocycles. The third-order valence-corrected chi connectivity index (χ3v) is 7.61. The summed E-state index contributed by atoms with van der Waals surface area (Å²) in [4.78, 5) is 40.8. The zero-order valence-corrected chi connectivity index (χ0v) is 26.7. The van der Waals surface area contributed by atoms with E-state index in [0.717, 1.165) is 16.7 Å². The van der Waals surface area contributed by atoms with Gasteiger partial charge in [0.25, 0.3) is 5.91 Å². The highest BCUT2D eigenvalue weighted by Crippen LogP contribution is 2.22. The Morgan fingerprint density at radius 2 is 1.35 bits per heavy atom. The molecule has 5 aromatic rings. The Morgan fingerprint density at radius 3 is 2.04 bits per heavy atom. The molecule has 0 bridgehead atoms. The fourth-order valence-corrected chi connectivity index (χ4v) is 5.09. The summed E-state index contributed by atoms with van der Waals surface area (Å²) in [7, 11) is 1.34. The van der Waals surface area contributed by atoms with Crippen LogP contribution in [0.3, 0.4) is 0 Å². The standard InChI is InChI=1S/C41H36N2O5/c1-47-41(46)38(42-37-20-12-11-19-36(37)40(45)34-17-9-4-10-18-34)29-32-21-24-35(25-22-32)48-28-27-43(30-33-15-7-3-8-16-33)39(44)26-23-31-13-5-2-6-14-31/h2-22,24-25,38,42H,27-30H2,1H3/t38-/m0/s1. The van der Waals surface area contributed by atoms with Crippen molar-refractivity contribution in [2.75, 3.05) is 25.6 Å². The molecular weight excluding hydrogens is 600 g/mol. The van der Waals surface area contributed by atoms with Crippen LogP contribution in [0.4, 0.5) is 5.69 Å². The van der Waals surface area contributed by atoms with Gasteiger partial charge in [-0.2, -0.15) is 0 Å². The number of hydrogen-bond acceptors (Lipinski definition) is 6. The summed E-state index contributed by atoms with van der Waals surface area (Å²) in [6.07, 6.45) is 0.320. The number of rotatable bonds is 13. The predicted molar refractivity (Wildman–Crippen MR) is 187 cm³/mol. The number of methoxy groups -OCH3 is 1. The molecule has 1 amide bonds. The smallest absolute Gasteiger partial charge is 0.328 e. The van der Waals surface area contributed by atoms with Gasteiger partial charge in [-0.05, 0) is 47.5 Å². The molecule has 1 atom stereocenters. The number of ketones is 1. The fraction of sp³-hybridized carbons (Fsp3) is 0.146. The summed E-state index contributed by atoms with van der Waals surface area (Å²) in [6, 6.07) is 42.0. The molecule has 0 saturated heterocycles. The monoisotopic (exact) mass is 636 g/mol. The Hall–Kier alpha value is -6.13. The van der Waals surface area contributed by atoms with Crippen LogP contribution >= 0.6 is 0 Å². The lowest BCUT2D eigenvalue weighted by molar-refractivity contribution is -0.141. The van der Waals surface area contributed by atoms with E-state index in [1.165, 1.54) is 7.11 Å². The Labute approximate surface area is 281 Å². The van der Waals surface area contributed by atoms with E-state index in [0.29, 0.717) is 42.1 Å². The Bertz CT molecular complexity index is 1870. The van der Waals surface area contributed by atoms with E-state index in [1.807, 2.05) is 109 Å². The van der Waals surface area contributed by atoms with Gasteiger partial charge in [0.1, 0.15) is 18.4 Å². The minimum absolute atomic E-state index is 0.143. The van der Waals surface area contributed by atoms with E-state index in [9.17, 15) is 14.4 Å². The summed E-state index contributed by atoms with van der Waals surface area (Å²) in [5.41, 5.74) is 4.21. The molecule has 240 valence electrons. The van der Waals surface area contributed by atoms with Gasteiger partial charge >= 0.3 is 5.97 Å². The Kier molecular flexibility index (Phi) is 11.8. The van der Waals surface area contributed by atoms with Crippen LogP contribution in [0.1, 0.15) is 32.6 Å². The van der Waals surface area contributed by atoms with Crippen molar-refractivity contribution in [2.45, 2.75) is 19.0 Å². The molecule has 1 N–H and O–H groups in total. The summed E-state index contributed by atoms with van der Waals surface area (Å²) in [6.45, 7) is 1.02. The van der Waals surface area contributed by atoms with Crippen molar-refractivity contribution in [1.29, 1.82) is 0 Å². The van der Waals surface area contributed by atoms with Gasteiger partial charge in [0, 0.05) is 41.3 Å². The van der Waals surface area contributed by atoms with Crippen LogP contribution in [0, 0.1) is 11.8 Å². The third-order valence-electron chi connectivity index (χ3n) is 7.61. The average molecular weight is 637 g/mol. The number of ether oxygens (including phenoxy) is 2. The molecule has 0 fully saturated rings. The molecule has 0 aliphatic rings. The van der Waals surface area contributed by atoms with E-state index in [1.54, 1.807) is 35.2 Å². The van der Waals surface area contributed by atoms with Crippen molar-refractivity contribution in [3.8, 4) is 17.6 Å². The van der Waals surface area contributed by atoms with Crippen LogP contribution < -0.4 is 10.1 Å². The first kappa shape index (κ1) is 33.2. The molecular formula is C41H36N2O5. The number of para-hydroxylation sites is 1. The zero-order valence-electron chi connectivity index (χ0n) is 26.7. The molecule has 0 heterocycles. The van der Waals surface area contributed by atoms with Crippen LogP contribution in [0.25, 0.3) is 0 Å². The van der Waals surface area contributed by atoms with Crippen LogP contribution in [0.15, 0.2) is 140 Å². The second kappa shape index (κ2) is 17.0. The molecule has 0 spiro atoms. The minimum Gasteiger partial charge on any atom is -0.492 e. The number of esters is 1. The summed E-state index contributed by atoms with van der Waals surface area (Å²) < 4.78 is 11.1. The summed E-state index contributed by atoms with van der Waals surface area (Å²) >= 11 is 0. The second-order valence-electron chi connectivity index (χ2n) is 11.0. The van der Waals surface area contributed by atoms with Gasteiger partial charge in [-0.1, -0.05) is 109 Å². The van der Waals surface area contributed by atoms with Gasteiger partial charge < -0.3 is 19.7 Å². The second-order valence-corrected chi connectivity index (χ2v) is 11.0. The van der Waals surface area contributed by atoms with Crippen molar-refractivity contribution in [3.05, 3.63) is 167 Å². The molecule has 48 heavy (non-hydrogen) atoms. The number of benzene rings is 5. The van der Waals surface area contributed by atoms with Gasteiger partial charge in [-0.15, -0.1) is 0 Å². The number of carbonyl (C=O) groups excluding carboxylic acids is 3. The maximum atomic E-state index is 13.2. The maximum Gasteiger partial charge on any atom is 0.328 e. The average Bonchev–Trinajstić information content (AvgIpc) is 3.14. The van der Waals surface area contributed by atoms with Gasteiger partial charge in [0.05, 0.1) is 13.7 Å². The highest BCUT2D eigenvalue weighted by Gasteiger charge is 2.23. The van der Waals surface area contributed by atoms with Gasteiger partial charge in [-0.3, -0.25) is 9.59 Å². The first-order valence-electron chi connectivity index (χ1n) is 15.6. The highest BCUT2D eigenvalue weighted by molar-refractivity contribution is 6.12. The topological polar surface area (TPSA) is 84.9 Å². The van der Waals surface area contributed by atoms with Gasteiger partial charge in [0.15, 0.2) is 5.78 Å². The molecule has 5 rings (SSSR count). The number of nitrogens with zero attached hydrogens (tertiary/aromatic N) is 1. The lowest BCUT2D eigenvalue weighted by Gasteiger charge is -2.21. The van der Waals surface area contributed by atoms with E-state index >= 15 is 0 Å². The lowest BCUT2D eigenvalue weighted by atomic mass is 10.00. The van der Waals surface area contributed by atoms with E-state index in [-0.39, 0.29) is 18.3 Å². The Balaban J connectivity index is 1.22. The summed E-state index contributed by atoms with van der Waals surface area (Å²) in [5.74, 6) is 5.46. The van der Waals surface area contributed by atoms with Gasteiger partial charge in [0.2, 0.25) is 0 Å². The predicted octanol–water partition coefficient (Wildman–Crippen LogP) is 6.57. The first-order chi connectivity index (χ1) is 23.5. The number of hydrogen-bond donors (Lipinski definition) is 1. The van der Waals surface area contributed by atoms with Crippen LogP contribution in [-0.4, -0.2) is 48.9 Å². The zero-order chi connectivity index (χ0) is 33.6. The summed E-state index contributed by atoms with van der Waals surface area (Å²) in [5, 5.41) is 3.23. The van der Waals surface area contributed by atoms with Crippen molar-refractivity contribution >= 4 is 23.3 Å². The van der Waals surface area contributed by atoms with Crippen molar-refractivity contribution in [2.24, 2.45) is 0 Å². The van der Waals surface area contributed by atoms with Crippen molar-refractivity contribution < 1.29 is 23.9 Å². The molecule has 0 aromatic heterocycles. The molecule has 7 heteroatoms. The molecule has 7 nitrogen and oxygen atoms in total. The van der Waals surface area contributed by atoms with Crippen LogP contribution in [-0.2, 0) is 27.3 Å². The van der Waals surface area contributed by atoms with Crippen LogP contribution in [0.2, 0.25) is 0 Å². The van der Waals surface area contributed by atoms with E-state index in [2.05, 4.69) is 17.2 Å². The number of anilines is 1. The molecule has 0 saturated carbocycles. The van der Waals surface area contributed by atoms with Crippen molar-refractivity contribution in [1.82, 2.24) is 4.90 Å².